The highest BCUT2D eigenvalue weighted by atomic mass is 127. The van der Waals surface area contributed by atoms with Crippen LogP contribution in [0.1, 0.15) is 39.0 Å². The molecule has 3 heteroatoms. The van der Waals surface area contributed by atoms with Gasteiger partial charge in [-0.2, -0.15) is 5.26 Å². The van der Waals surface area contributed by atoms with Gasteiger partial charge in [0.05, 0.1) is 17.6 Å². The summed E-state index contributed by atoms with van der Waals surface area (Å²) >= 11 is 2.38. The molecule has 1 aliphatic carbocycles. The van der Waals surface area contributed by atoms with Crippen LogP contribution in [-0.4, -0.2) is 15.1 Å². The Balaban J connectivity index is 2.25. The fourth-order valence-corrected chi connectivity index (χ4v) is 2.83. The molecular formula is C11H18INO. The van der Waals surface area contributed by atoms with Gasteiger partial charge in [0.25, 0.3) is 0 Å². The van der Waals surface area contributed by atoms with Crippen LogP contribution in [0, 0.1) is 23.2 Å². The van der Waals surface area contributed by atoms with Crippen LogP contribution in [0.15, 0.2) is 0 Å². The fourth-order valence-electron chi connectivity index (χ4n) is 2.30. The zero-order valence-corrected chi connectivity index (χ0v) is 10.8. The first-order chi connectivity index (χ1) is 6.61. The summed E-state index contributed by atoms with van der Waals surface area (Å²) < 4.78 is 1.21. The van der Waals surface area contributed by atoms with E-state index in [0.29, 0.717) is 6.42 Å². The van der Waals surface area contributed by atoms with E-state index in [1.54, 1.807) is 0 Å². The van der Waals surface area contributed by atoms with Crippen molar-refractivity contribution in [3.05, 3.63) is 0 Å². The number of unbranched alkanes of at least 4 members (excludes halogenated alkanes) is 2. The molecule has 2 nitrogen and oxygen atoms in total. The lowest BCUT2D eigenvalue weighted by Crippen LogP contribution is -2.51. The second-order valence-electron chi connectivity index (χ2n) is 4.44. The minimum Gasteiger partial charge on any atom is -0.390 e. The van der Waals surface area contributed by atoms with Crippen molar-refractivity contribution in [2.75, 3.05) is 4.43 Å². The Hall–Kier alpha value is 0.180. The van der Waals surface area contributed by atoms with E-state index in [-0.39, 0.29) is 11.8 Å². The molecule has 1 N–H and O–H groups in total. The minimum absolute atomic E-state index is 0.101. The van der Waals surface area contributed by atoms with E-state index >= 15 is 0 Å². The number of nitrogens with zero attached hydrogens (tertiary/aromatic N) is 1. The van der Waals surface area contributed by atoms with E-state index in [1.165, 1.54) is 17.3 Å². The summed E-state index contributed by atoms with van der Waals surface area (Å²) in [7, 11) is 0. The molecule has 0 radical (unpaired) electrons. The quantitative estimate of drug-likeness (QED) is 0.482. The molecule has 3 atom stereocenters. The number of hydrogen-bond acceptors (Lipinski definition) is 2. The number of aliphatic hydroxyl groups is 1. The molecule has 14 heavy (non-hydrogen) atoms. The van der Waals surface area contributed by atoms with Crippen LogP contribution >= 0.6 is 22.6 Å². The van der Waals surface area contributed by atoms with Gasteiger partial charge in [0.2, 0.25) is 0 Å². The highest BCUT2D eigenvalue weighted by Gasteiger charge is 2.48. The van der Waals surface area contributed by atoms with Crippen molar-refractivity contribution in [1.29, 1.82) is 5.26 Å². The van der Waals surface area contributed by atoms with Crippen molar-refractivity contribution in [3.63, 3.8) is 0 Å². The largest absolute Gasteiger partial charge is 0.390 e. The minimum atomic E-state index is -0.565. The standard InChI is InChI=1S/C11H18INO/c1-11(14)7-9(8-13)10(11)5-3-2-4-6-12/h9-10,14H,2-7H2,1H3/t9-,10-,11+/m1/s1. The molecule has 80 valence electrons. The molecule has 0 aromatic carbocycles. The zero-order valence-electron chi connectivity index (χ0n) is 8.67. The van der Waals surface area contributed by atoms with Crippen LogP contribution < -0.4 is 0 Å². The molecule has 0 aromatic rings. The molecule has 0 bridgehead atoms. The Kier molecular flexibility index (Phi) is 4.65. The average Bonchev–Trinajstić information content (AvgIpc) is 2.14. The van der Waals surface area contributed by atoms with Gasteiger partial charge in [0.15, 0.2) is 0 Å². The summed E-state index contributed by atoms with van der Waals surface area (Å²) in [5.74, 6) is 0.325. The van der Waals surface area contributed by atoms with Gasteiger partial charge in [-0.25, -0.2) is 0 Å². The van der Waals surface area contributed by atoms with E-state index in [0.717, 1.165) is 12.8 Å². The first-order valence-electron chi connectivity index (χ1n) is 5.30. The monoisotopic (exact) mass is 307 g/mol. The molecule has 0 aromatic heterocycles. The van der Waals surface area contributed by atoms with Gasteiger partial charge in [-0.3, -0.25) is 0 Å². The van der Waals surface area contributed by atoms with Crippen LogP contribution in [0.3, 0.4) is 0 Å². The molecule has 0 saturated heterocycles. The third-order valence-electron chi connectivity index (χ3n) is 3.23. The fraction of sp³-hybridized carbons (Fsp3) is 0.909. The lowest BCUT2D eigenvalue weighted by molar-refractivity contribution is -0.109. The molecule has 0 heterocycles. The second kappa shape index (κ2) is 5.32. The van der Waals surface area contributed by atoms with Gasteiger partial charge in [-0.1, -0.05) is 35.4 Å². The summed E-state index contributed by atoms with van der Waals surface area (Å²) in [6, 6.07) is 2.29. The number of halogens is 1. The number of rotatable bonds is 5. The third-order valence-corrected chi connectivity index (χ3v) is 4.00. The van der Waals surface area contributed by atoms with Gasteiger partial charge < -0.3 is 5.11 Å². The first-order valence-corrected chi connectivity index (χ1v) is 6.82. The van der Waals surface area contributed by atoms with Crippen molar-refractivity contribution >= 4 is 22.6 Å². The predicted octanol–water partition coefficient (Wildman–Crippen LogP) is 2.89. The average molecular weight is 307 g/mol. The molecule has 0 spiro atoms. The van der Waals surface area contributed by atoms with Gasteiger partial charge in [-0.15, -0.1) is 0 Å². The van der Waals surface area contributed by atoms with E-state index < -0.39 is 5.60 Å². The molecule has 1 aliphatic rings. The van der Waals surface area contributed by atoms with Crippen molar-refractivity contribution in [2.45, 2.75) is 44.6 Å². The molecule has 1 fully saturated rings. The maximum atomic E-state index is 9.88. The lowest BCUT2D eigenvalue weighted by Gasteiger charge is -2.47. The van der Waals surface area contributed by atoms with E-state index in [9.17, 15) is 5.11 Å². The van der Waals surface area contributed by atoms with E-state index in [1.807, 2.05) is 6.92 Å². The number of nitriles is 1. The van der Waals surface area contributed by atoms with Crippen LogP contribution in [0.25, 0.3) is 0 Å². The van der Waals surface area contributed by atoms with Gasteiger partial charge in [0, 0.05) is 5.92 Å². The Bertz CT molecular complexity index is 222. The normalized spacial score (nSPS) is 36.1. The van der Waals surface area contributed by atoms with Gasteiger partial charge >= 0.3 is 0 Å². The Morgan fingerprint density at radius 3 is 2.71 bits per heavy atom. The van der Waals surface area contributed by atoms with Crippen molar-refractivity contribution < 1.29 is 5.11 Å². The van der Waals surface area contributed by atoms with Crippen LogP contribution in [0.5, 0.6) is 0 Å². The van der Waals surface area contributed by atoms with Crippen LogP contribution in [0.2, 0.25) is 0 Å². The predicted molar refractivity (Wildman–Crippen MR) is 65.2 cm³/mol. The van der Waals surface area contributed by atoms with Crippen molar-refractivity contribution in [1.82, 2.24) is 0 Å². The lowest BCUT2D eigenvalue weighted by atomic mass is 9.61. The molecule has 0 unspecified atom stereocenters. The summed E-state index contributed by atoms with van der Waals surface area (Å²) in [6.07, 6.45) is 5.32. The van der Waals surface area contributed by atoms with Gasteiger partial charge in [-0.05, 0) is 30.6 Å². The summed E-state index contributed by atoms with van der Waals surface area (Å²) in [5, 5.41) is 18.7. The summed E-state index contributed by atoms with van der Waals surface area (Å²) in [5.41, 5.74) is -0.565. The molecule has 1 rings (SSSR count). The first kappa shape index (κ1) is 12.3. The summed E-state index contributed by atoms with van der Waals surface area (Å²) in [4.78, 5) is 0. The SMILES string of the molecule is C[C@]1(O)C[C@H](C#N)[C@H]1CCCCCI. The maximum Gasteiger partial charge on any atom is 0.0673 e. The van der Waals surface area contributed by atoms with Crippen LogP contribution in [-0.2, 0) is 0 Å². The highest BCUT2D eigenvalue weighted by molar-refractivity contribution is 14.1. The Morgan fingerprint density at radius 1 is 1.50 bits per heavy atom. The van der Waals surface area contributed by atoms with E-state index in [2.05, 4.69) is 28.7 Å². The van der Waals surface area contributed by atoms with E-state index in [4.69, 9.17) is 5.26 Å². The molecule has 1 saturated carbocycles. The number of hydrogen-bond donors (Lipinski definition) is 1. The Morgan fingerprint density at radius 2 is 2.21 bits per heavy atom. The van der Waals surface area contributed by atoms with Crippen LogP contribution in [0.4, 0.5) is 0 Å². The highest BCUT2D eigenvalue weighted by Crippen LogP contribution is 2.46. The van der Waals surface area contributed by atoms with Crippen molar-refractivity contribution in [2.24, 2.45) is 11.8 Å². The zero-order chi connectivity index (χ0) is 10.6. The molecule has 0 amide bonds. The van der Waals surface area contributed by atoms with Gasteiger partial charge in [0.1, 0.15) is 0 Å². The maximum absolute atomic E-state index is 9.88. The topological polar surface area (TPSA) is 44.0 Å². The summed E-state index contributed by atoms with van der Waals surface area (Å²) in [6.45, 7) is 1.86. The Labute approximate surface area is 99.8 Å². The second-order valence-corrected chi connectivity index (χ2v) is 5.52. The van der Waals surface area contributed by atoms with Crippen molar-refractivity contribution in [3.8, 4) is 6.07 Å². The molecular weight excluding hydrogens is 289 g/mol. The molecule has 0 aliphatic heterocycles. The smallest absolute Gasteiger partial charge is 0.0673 e. The number of alkyl halides is 1. The third kappa shape index (κ3) is 2.83.